The summed E-state index contributed by atoms with van der Waals surface area (Å²) in [5, 5.41) is 0.851. The molecule has 0 atom stereocenters. The standard InChI is InChI=1S/C17H17NO3/c1-3-7-20-12-4-5-15-13(9-12)14(10-18-15)16(19)17-11(2)6-8-21-17/h4-6,8-10,18H,3,7H2,1-2H3. The van der Waals surface area contributed by atoms with Crippen molar-refractivity contribution >= 4 is 16.7 Å². The predicted molar refractivity (Wildman–Crippen MR) is 81.0 cm³/mol. The Morgan fingerprint density at radius 3 is 2.90 bits per heavy atom. The quantitative estimate of drug-likeness (QED) is 0.717. The third-order valence-electron chi connectivity index (χ3n) is 3.44. The summed E-state index contributed by atoms with van der Waals surface area (Å²) in [5.41, 5.74) is 2.35. The Hall–Kier alpha value is -2.49. The number of ether oxygens (including phenoxy) is 1. The summed E-state index contributed by atoms with van der Waals surface area (Å²) in [6.07, 6.45) is 4.20. The maximum absolute atomic E-state index is 12.6. The van der Waals surface area contributed by atoms with Crippen molar-refractivity contribution in [3.63, 3.8) is 0 Å². The molecule has 108 valence electrons. The van der Waals surface area contributed by atoms with Crippen LogP contribution in [0.1, 0.15) is 35.0 Å². The van der Waals surface area contributed by atoms with Gasteiger partial charge in [0.2, 0.25) is 5.78 Å². The molecule has 0 aliphatic heterocycles. The van der Waals surface area contributed by atoms with Crippen LogP contribution in [0, 0.1) is 6.92 Å². The molecule has 0 spiro atoms. The zero-order valence-electron chi connectivity index (χ0n) is 12.1. The van der Waals surface area contributed by atoms with Crippen LogP contribution in [0.2, 0.25) is 0 Å². The summed E-state index contributed by atoms with van der Waals surface area (Å²) in [6, 6.07) is 7.51. The van der Waals surface area contributed by atoms with Crippen molar-refractivity contribution in [1.29, 1.82) is 0 Å². The molecule has 0 aliphatic carbocycles. The molecule has 2 aromatic heterocycles. The molecule has 3 aromatic rings. The van der Waals surface area contributed by atoms with Crippen LogP contribution in [0.25, 0.3) is 10.9 Å². The van der Waals surface area contributed by atoms with Crippen molar-refractivity contribution in [3.8, 4) is 5.75 Å². The fraction of sp³-hybridized carbons (Fsp3) is 0.235. The van der Waals surface area contributed by atoms with Gasteiger partial charge in [-0.1, -0.05) is 6.92 Å². The first-order valence-corrected chi connectivity index (χ1v) is 7.03. The number of ketones is 1. The molecule has 1 N–H and O–H groups in total. The number of hydrogen-bond acceptors (Lipinski definition) is 3. The first-order chi connectivity index (χ1) is 10.2. The van der Waals surface area contributed by atoms with Gasteiger partial charge < -0.3 is 14.1 Å². The molecule has 21 heavy (non-hydrogen) atoms. The molecule has 0 bridgehead atoms. The second kappa shape index (κ2) is 5.48. The summed E-state index contributed by atoms with van der Waals surface area (Å²) < 4.78 is 10.9. The predicted octanol–water partition coefficient (Wildman–Crippen LogP) is 4.09. The molecule has 0 amide bonds. The van der Waals surface area contributed by atoms with E-state index in [1.165, 1.54) is 6.26 Å². The van der Waals surface area contributed by atoms with E-state index in [0.29, 0.717) is 17.9 Å². The minimum atomic E-state index is -0.114. The Morgan fingerprint density at radius 1 is 1.33 bits per heavy atom. The highest BCUT2D eigenvalue weighted by Crippen LogP contribution is 2.26. The van der Waals surface area contributed by atoms with E-state index in [9.17, 15) is 4.79 Å². The van der Waals surface area contributed by atoms with Crippen LogP contribution < -0.4 is 4.74 Å². The Balaban J connectivity index is 2.02. The number of aromatic nitrogens is 1. The first kappa shape index (κ1) is 13.5. The highest BCUT2D eigenvalue weighted by atomic mass is 16.5. The van der Waals surface area contributed by atoms with Crippen molar-refractivity contribution in [2.24, 2.45) is 0 Å². The van der Waals surface area contributed by atoms with E-state index in [1.54, 1.807) is 12.3 Å². The molecular weight excluding hydrogens is 266 g/mol. The summed E-state index contributed by atoms with van der Waals surface area (Å²) in [5.74, 6) is 1.04. The molecule has 3 rings (SSSR count). The number of aromatic amines is 1. The van der Waals surface area contributed by atoms with E-state index in [4.69, 9.17) is 9.15 Å². The molecule has 4 heteroatoms. The van der Waals surface area contributed by atoms with Gasteiger partial charge in [-0.2, -0.15) is 0 Å². The minimum Gasteiger partial charge on any atom is -0.494 e. The van der Waals surface area contributed by atoms with Gasteiger partial charge in [-0.25, -0.2) is 0 Å². The average Bonchev–Trinajstić information content (AvgIpc) is 3.10. The summed E-state index contributed by atoms with van der Waals surface area (Å²) in [4.78, 5) is 15.7. The zero-order valence-corrected chi connectivity index (χ0v) is 12.1. The number of fused-ring (bicyclic) bond motifs is 1. The monoisotopic (exact) mass is 283 g/mol. The van der Waals surface area contributed by atoms with Gasteiger partial charge in [-0.05, 0) is 43.2 Å². The van der Waals surface area contributed by atoms with Crippen molar-refractivity contribution in [2.75, 3.05) is 6.61 Å². The molecule has 0 aliphatic rings. The maximum atomic E-state index is 12.6. The molecule has 1 aromatic carbocycles. The lowest BCUT2D eigenvalue weighted by molar-refractivity contribution is 0.101. The number of H-pyrrole nitrogens is 1. The van der Waals surface area contributed by atoms with Crippen LogP contribution >= 0.6 is 0 Å². The lowest BCUT2D eigenvalue weighted by Crippen LogP contribution is -2.00. The maximum Gasteiger partial charge on any atom is 0.230 e. The first-order valence-electron chi connectivity index (χ1n) is 7.03. The molecule has 0 saturated carbocycles. The molecule has 0 saturated heterocycles. The number of carbonyl (C=O) groups excluding carboxylic acids is 1. The second-order valence-electron chi connectivity index (χ2n) is 5.02. The molecule has 0 unspecified atom stereocenters. The van der Waals surface area contributed by atoms with Gasteiger partial charge in [0.15, 0.2) is 5.76 Å². The Labute approximate surface area is 122 Å². The summed E-state index contributed by atoms with van der Waals surface area (Å²) in [7, 11) is 0. The fourth-order valence-electron chi connectivity index (χ4n) is 2.32. The van der Waals surface area contributed by atoms with E-state index in [0.717, 1.165) is 28.6 Å². The SMILES string of the molecule is CCCOc1ccc2[nH]cc(C(=O)c3occc3C)c2c1. The Bertz CT molecular complexity index is 782. The number of nitrogens with one attached hydrogen (secondary N) is 1. The van der Waals surface area contributed by atoms with Crippen molar-refractivity contribution in [1.82, 2.24) is 4.98 Å². The van der Waals surface area contributed by atoms with Crippen LogP contribution in [0.3, 0.4) is 0 Å². The lowest BCUT2D eigenvalue weighted by atomic mass is 10.1. The normalized spacial score (nSPS) is 11.0. The van der Waals surface area contributed by atoms with Crippen molar-refractivity contribution < 1.29 is 13.9 Å². The second-order valence-corrected chi connectivity index (χ2v) is 5.02. The van der Waals surface area contributed by atoms with Crippen molar-refractivity contribution in [3.05, 3.63) is 53.6 Å². The Kier molecular flexibility index (Phi) is 3.52. The van der Waals surface area contributed by atoms with E-state index in [-0.39, 0.29) is 5.78 Å². The zero-order chi connectivity index (χ0) is 14.8. The smallest absolute Gasteiger partial charge is 0.230 e. The number of benzene rings is 1. The number of carbonyl (C=O) groups is 1. The Morgan fingerprint density at radius 2 is 2.19 bits per heavy atom. The van der Waals surface area contributed by atoms with Crippen molar-refractivity contribution in [2.45, 2.75) is 20.3 Å². The van der Waals surface area contributed by atoms with Crippen LogP contribution in [0.4, 0.5) is 0 Å². The van der Waals surface area contributed by atoms with Crippen LogP contribution in [0.15, 0.2) is 41.1 Å². The summed E-state index contributed by atoms with van der Waals surface area (Å²) >= 11 is 0. The summed E-state index contributed by atoms with van der Waals surface area (Å²) in [6.45, 7) is 4.58. The number of aryl methyl sites for hydroxylation is 1. The topological polar surface area (TPSA) is 55.2 Å². The van der Waals surface area contributed by atoms with Gasteiger partial charge in [0, 0.05) is 17.1 Å². The molecular formula is C17H17NO3. The number of furan rings is 1. The van der Waals surface area contributed by atoms with E-state index in [2.05, 4.69) is 11.9 Å². The van der Waals surface area contributed by atoms with Crippen LogP contribution in [-0.4, -0.2) is 17.4 Å². The van der Waals surface area contributed by atoms with Crippen LogP contribution in [0.5, 0.6) is 5.75 Å². The van der Waals surface area contributed by atoms with Crippen LogP contribution in [-0.2, 0) is 0 Å². The fourth-order valence-corrected chi connectivity index (χ4v) is 2.32. The van der Waals surface area contributed by atoms with E-state index in [1.807, 2.05) is 25.1 Å². The van der Waals surface area contributed by atoms with E-state index < -0.39 is 0 Å². The molecule has 0 fully saturated rings. The lowest BCUT2D eigenvalue weighted by Gasteiger charge is -2.05. The molecule has 4 nitrogen and oxygen atoms in total. The number of rotatable bonds is 5. The highest BCUT2D eigenvalue weighted by molar-refractivity contribution is 6.15. The largest absolute Gasteiger partial charge is 0.494 e. The van der Waals surface area contributed by atoms with E-state index >= 15 is 0 Å². The van der Waals surface area contributed by atoms with Gasteiger partial charge in [0.25, 0.3) is 0 Å². The van der Waals surface area contributed by atoms with Gasteiger partial charge >= 0.3 is 0 Å². The third kappa shape index (κ3) is 2.44. The average molecular weight is 283 g/mol. The van der Waals surface area contributed by atoms with Gasteiger partial charge in [0.05, 0.1) is 18.4 Å². The molecule has 2 heterocycles. The third-order valence-corrected chi connectivity index (χ3v) is 3.44. The van der Waals surface area contributed by atoms with Gasteiger partial charge in [0.1, 0.15) is 5.75 Å². The minimum absolute atomic E-state index is 0.114. The highest BCUT2D eigenvalue weighted by Gasteiger charge is 2.19. The molecule has 0 radical (unpaired) electrons. The van der Waals surface area contributed by atoms with Gasteiger partial charge in [-0.3, -0.25) is 4.79 Å². The number of hydrogen-bond donors (Lipinski definition) is 1. The van der Waals surface area contributed by atoms with Gasteiger partial charge in [-0.15, -0.1) is 0 Å².